The van der Waals surface area contributed by atoms with Gasteiger partial charge in [0.2, 0.25) is 5.91 Å². The van der Waals surface area contributed by atoms with E-state index in [9.17, 15) is 9.59 Å². The Morgan fingerprint density at radius 1 is 1.30 bits per heavy atom. The molecule has 0 aromatic carbocycles. The molecule has 0 radical (unpaired) electrons. The summed E-state index contributed by atoms with van der Waals surface area (Å²) in [5, 5.41) is 8.96. The van der Waals surface area contributed by atoms with Crippen molar-refractivity contribution in [1.29, 1.82) is 0 Å². The number of hydrogen-bond donors (Lipinski definition) is 3. The quantitative estimate of drug-likeness (QED) is 0.775. The van der Waals surface area contributed by atoms with E-state index in [0.717, 1.165) is 25.7 Å². The zero-order valence-electron chi connectivity index (χ0n) is 14.1. The van der Waals surface area contributed by atoms with Gasteiger partial charge in [0.25, 0.3) is 5.91 Å². The number of aromatic nitrogens is 1. The van der Waals surface area contributed by atoms with Gasteiger partial charge in [-0.2, -0.15) is 0 Å². The Morgan fingerprint density at radius 3 is 2.78 bits per heavy atom. The molecular formula is C17H26N4O2. The van der Waals surface area contributed by atoms with Crippen LogP contribution in [0.15, 0.2) is 18.3 Å². The molecule has 1 heterocycles. The summed E-state index contributed by atoms with van der Waals surface area (Å²) < 4.78 is 0. The Balaban J connectivity index is 2.03. The van der Waals surface area contributed by atoms with Crippen molar-refractivity contribution in [3.8, 4) is 0 Å². The second-order valence-corrected chi connectivity index (χ2v) is 6.35. The maximum Gasteiger partial charge on any atom is 0.254 e. The molecule has 6 heteroatoms. The molecule has 0 bridgehead atoms. The minimum absolute atomic E-state index is 0.0239. The van der Waals surface area contributed by atoms with E-state index in [1.54, 1.807) is 25.4 Å². The van der Waals surface area contributed by atoms with Gasteiger partial charge in [-0.1, -0.05) is 6.42 Å². The van der Waals surface area contributed by atoms with Crippen LogP contribution in [-0.4, -0.2) is 35.9 Å². The number of nitrogens with zero attached hydrogens (tertiary/aromatic N) is 1. The van der Waals surface area contributed by atoms with Crippen LogP contribution in [0.5, 0.6) is 0 Å². The van der Waals surface area contributed by atoms with Gasteiger partial charge in [-0.15, -0.1) is 0 Å². The van der Waals surface area contributed by atoms with Gasteiger partial charge in [-0.25, -0.2) is 4.98 Å². The van der Waals surface area contributed by atoms with Crippen molar-refractivity contribution in [1.82, 2.24) is 15.6 Å². The molecule has 1 aliphatic rings. The molecule has 1 fully saturated rings. The van der Waals surface area contributed by atoms with E-state index < -0.39 is 0 Å². The molecular weight excluding hydrogens is 292 g/mol. The van der Waals surface area contributed by atoms with E-state index in [1.165, 1.54) is 0 Å². The van der Waals surface area contributed by atoms with Gasteiger partial charge in [-0.3, -0.25) is 9.59 Å². The van der Waals surface area contributed by atoms with Crippen molar-refractivity contribution < 1.29 is 9.59 Å². The number of carbonyl (C=O) groups excluding carboxylic acids is 2. The highest BCUT2D eigenvalue weighted by molar-refractivity contribution is 5.98. The summed E-state index contributed by atoms with van der Waals surface area (Å²) in [6.45, 7) is 3.94. The summed E-state index contributed by atoms with van der Waals surface area (Å²) in [5.74, 6) is 0.571. The Morgan fingerprint density at radius 2 is 2.09 bits per heavy atom. The van der Waals surface area contributed by atoms with E-state index in [-0.39, 0.29) is 29.8 Å². The fraction of sp³-hybridized carbons (Fsp3) is 0.588. The highest BCUT2D eigenvalue weighted by Crippen LogP contribution is 2.27. The van der Waals surface area contributed by atoms with Gasteiger partial charge >= 0.3 is 0 Å². The topological polar surface area (TPSA) is 83.1 Å². The molecule has 2 amide bonds. The Labute approximate surface area is 137 Å². The number of carbonyl (C=O) groups is 2. The van der Waals surface area contributed by atoms with Crippen LogP contribution in [-0.2, 0) is 4.79 Å². The second-order valence-electron chi connectivity index (χ2n) is 6.35. The third-order valence-electron chi connectivity index (χ3n) is 4.10. The number of pyridine rings is 1. The SMILES string of the molecule is CNC(=O)c1cccnc1N[C@H]1CCC[C@H](C(=O)NC(C)C)C1. The lowest BCUT2D eigenvalue weighted by molar-refractivity contribution is -0.126. The predicted octanol–water partition coefficient (Wildman–Crippen LogP) is 1.94. The van der Waals surface area contributed by atoms with Crippen molar-refractivity contribution in [2.24, 2.45) is 5.92 Å². The van der Waals surface area contributed by atoms with Crippen molar-refractivity contribution in [3.63, 3.8) is 0 Å². The highest BCUT2D eigenvalue weighted by Gasteiger charge is 2.28. The average molecular weight is 318 g/mol. The van der Waals surface area contributed by atoms with E-state index in [1.807, 2.05) is 13.8 Å². The van der Waals surface area contributed by atoms with Gasteiger partial charge in [0.05, 0.1) is 5.56 Å². The Bertz CT molecular complexity index is 559. The van der Waals surface area contributed by atoms with Crippen LogP contribution in [0.3, 0.4) is 0 Å². The van der Waals surface area contributed by atoms with E-state index >= 15 is 0 Å². The van der Waals surface area contributed by atoms with Crippen LogP contribution < -0.4 is 16.0 Å². The first-order chi connectivity index (χ1) is 11.0. The van der Waals surface area contributed by atoms with E-state index in [4.69, 9.17) is 0 Å². The van der Waals surface area contributed by atoms with Gasteiger partial charge in [0.15, 0.2) is 0 Å². The Kier molecular flexibility index (Phi) is 5.96. The number of anilines is 1. The molecule has 23 heavy (non-hydrogen) atoms. The van der Waals surface area contributed by atoms with E-state index in [0.29, 0.717) is 11.4 Å². The van der Waals surface area contributed by atoms with Crippen molar-refractivity contribution >= 4 is 17.6 Å². The lowest BCUT2D eigenvalue weighted by Crippen LogP contribution is -2.40. The maximum atomic E-state index is 12.2. The second kappa shape index (κ2) is 7.94. The van der Waals surface area contributed by atoms with Crippen LogP contribution >= 0.6 is 0 Å². The Hall–Kier alpha value is -2.11. The van der Waals surface area contributed by atoms with E-state index in [2.05, 4.69) is 20.9 Å². The summed E-state index contributed by atoms with van der Waals surface area (Å²) >= 11 is 0. The zero-order valence-corrected chi connectivity index (χ0v) is 14.1. The van der Waals surface area contributed by atoms with Crippen LogP contribution in [0.4, 0.5) is 5.82 Å². The summed E-state index contributed by atoms with van der Waals surface area (Å²) in [4.78, 5) is 28.4. The zero-order chi connectivity index (χ0) is 16.8. The summed E-state index contributed by atoms with van der Waals surface area (Å²) in [5.41, 5.74) is 0.531. The molecule has 2 rings (SSSR count). The molecule has 0 spiro atoms. The molecule has 0 unspecified atom stereocenters. The molecule has 6 nitrogen and oxygen atoms in total. The van der Waals surface area contributed by atoms with Crippen LogP contribution in [0.2, 0.25) is 0 Å². The maximum absolute atomic E-state index is 12.2. The average Bonchev–Trinajstić information content (AvgIpc) is 2.54. The minimum atomic E-state index is -0.162. The lowest BCUT2D eigenvalue weighted by Gasteiger charge is -2.30. The number of nitrogens with one attached hydrogen (secondary N) is 3. The standard InChI is InChI=1S/C17H26N4O2/c1-11(2)20-16(22)12-6-4-7-13(10-12)21-15-14(17(23)18-3)8-5-9-19-15/h5,8-9,11-13H,4,6-7,10H2,1-3H3,(H,18,23)(H,19,21)(H,20,22)/t12-,13-/m0/s1. The van der Waals surface area contributed by atoms with Crippen LogP contribution in [0, 0.1) is 5.92 Å². The van der Waals surface area contributed by atoms with Gasteiger partial charge in [-0.05, 0) is 45.2 Å². The third kappa shape index (κ3) is 4.68. The van der Waals surface area contributed by atoms with Crippen molar-refractivity contribution in [2.75, 3.05) is 12.4 Å². The number of amides is 2. The summed E-state index contributed by atoms with van der Waals surface area (Å²) in [6, 6.07) is 3.81. The summed E-state index contributed by atoms with van der Waals surface area (Å²) in [7, 11) is 1.60. The van der Waals surface area contributed by atoms with Gasteiger partial charge in [0.1, 0.15) is 5.82 Å². The van der Waals surface area contributed by atoms with Crippen LogP contribution in [0.25, 0.3) is 0 Å². The predicted molar refractivity (Wildman–Crippen MR) is 90.3 cm³/mol. The van der Waals surface area contributed by atoms with Crippen molar-refractivity contribution in [3.05, 3.63) is 23.9 Å². The summed E-state index contributed by atoms with van der Waals surface area (Å²) in [6.07, 6.45) is 5.33. The monoisotopic (exact) mass is 318 g/mol. The lowest BCUT2D eigenvalue weighted by atomic mass is 9.85. The largest absolute Gasteiger partial charge is 0.367 e. The molecule has 1 aromatic heterocycles. The molecule has 1 aliphatic carbocycles. The molecule has 3 N–H and O–H groups in total. The number of rotatable bonds is 5. The van der Waals surface area contributed by atoms with Gasteiger partial charge in [0, 0.05) is 31.2 Å². The fourth-order valence-electron chi connectivity index (χ4n) is 2.99. The smallest absolute Gasteiger partial charge is 0.254 e. The molecule has 1 saturated carbocycles. The molecule has 1 aromatic rings. The van der Waals surface area contributed by atoms with Gasteiger partial charge < -0.3 is 16.0 Å². The first-order valence-electron chi connectivity index (χ1n) is 8.25. The minimum Gasteiger partial charge on any atom is -0.367 e. The number of hydrogen-bond acceptors (Lipinski definition) is 4. The fourth-order valence-corrected chi connectivity index (χ4v) is 2.99. The normalized spacial score (nSPS) is 20.9. The highest BCUT2D eigenvalue weighted by atomic mass is 16.2. The molecule has 0 aliphatic heterocycles. The first-order valence-corrected chi connectivity index (χ1v) is 8.25. The first kappa shape index (κ1) is 17.2. The molecule has 0 saturated heterocycles. The van der Waals surface area contributed by atoms with Crippen molar-refractivity contribution in [2.45, 2.75) is 51.6 Å². The molecule has 126 valence electrons. The molecule has 2 atom stereocenters. The third-order valence-corrected chi connectivity index (χ3v) is 4.10. The van der Waals surface area contributed by atoms with Crippen LogP contribution in [0.1, 0.15) is 49.9 Å².